The minimum absolute atomic E-state index is 0.0188. The maximum atomic E-state index is 13.9. The van der Waals surface area contributed by atoms with E-state index >= 15 is 0 Å². The van der Waals surface area contributed by atoms with Gasteiger partial charge in [-0.1, -0.05) is 30.3 Å². The van der Waals surface area contributed by atoms with Crippen molar-refractivity contribution < 1.29 is 27.8 Å². The van der Waals surface area contributed by atoms with Crippen LogP contribution in [0, 0.1) is 0 Å². The van der Waals surface area contributed by atoms with Crippen LogP contribution in [0.3, 0.4) is 0 Å². The van der Waals surface area contributed by atoms with E-state index in [0.29, 0.717) is 36.2 Å². The summed E-state index contributed by atoms with van der Waals surface area (Å²) >= 11 is 0. The Kier molecular flexibility index (Phi) is 7.98. The summed E-state index contributed by atoms with van der Waals surface area (Å²) in [5.41, 5.74) is 4.58. The Balaban J connectivity index is 0.000000382. The fourth-order valence-electron chi connectivity index (χ4n) is 6.78. The lowest BCUT2D eigenvalue weighted by molar-refractivity contribution is -0.136. The van der Waals surface area contributed by atoms with E-state index in [1.807, 2.05) is 68.6 Å². The van der Waals surface area contributed by atoms with Gasteiger partial charge in [-0.3, -0.25) is 4.79 Å². The molecule has 0 unspecified atom stereocenters. The average Bonchev–Trinajstić information content (AvgIpc) is 3.57. The highest BCUT2D eigenvalue weighted by atomic mass is 19.3. The number of hydrogen-bond donors (Lipinski definition) is 2. The van der Waals surface area contributed by atoms with Gasteiger partial charge in [0.05, 0.1) is 31.8 Å². The molecule has 1 aromatic heterocycles. The molecule has 2 atom stereocenters. The van der Waals surface area contributed by atoms with Crippen LogP contribution in [-0.4, -0.2) is 61.9 Å². The number of aromatic nitrogens is 1. The number of Topliss-reactive ketones (excluding diaryl/α,β-unsaturated/α-hetero) is 1. The lowest BCUT2D eigenvalue weighted by atomic mass is 9.62. The number of benzene rings is 2. The molecule has 0 bridgehead atoms. The molecular formula is C33H37F2N3O4. The van der Waals surface area contributed by atoms with Crippen LogP contribution in [0.2, 0.25) is 0 Å². The second kappa shape index (κ2) is 11.4. The van der Waals surface area contributed by atoms with Crippen LogP contribution in [0.5, 0.6) is 5.75 Å². The third-order valence-electron chi connectivity index (χ3n) is 8.64. The molecule has 1 fully saturated rings. The molecule has 42 heavy (non-hydrogen) atoms. The topological polar surface area (TPSA) is 83.7 Å². The van der Waals surface area contributed by atoms with Crippen LogP contribution in [-0.2, 0) is 19.7 Å². The maximum Gasteiger partial charge on any atom is 0.336 e. The molecule has 1 saturated heterocycles. The second-order valence-electron chi connectivity index (χ2n) is 11.5. The lowest BCUT2D eigenvalue weighted by Gasteiger charge is -2.43. The maximum absolute atomic E-state index is 13.9. The molecule has 9 heteroatoms. The second-order valence-corrected chi connectivity index (χ2v) is 11.5. The van der Waals surface area contributed by atoms with Crippen LogP contribution in [0.15, 0.2) is 77.3 Å². The molecule has 2 aromatic carbocycles. The van der Waals surface area contributed by atoms with Crippen molar-refractivity contribution in [2.45, 2.75) is 50.4 Å². The van der Waals surface area contributed by atoms with Gasteiger partial charge in [-0.25, -0.2) is 13.6 Å². The lowest BCUT2D eigenvalue weighted by Crippen LogP contribution is -2.45. The highest BCUT2D eigenvalue weighted by Crippen LogP contribution is 2.51. The molecule has 0 radical (unpaired) electrons. The van der Waals surface area contributed by atoms with Crippen molar-refractivity contribution in [3.63, 3.8) is 0 Å². The molecule has 0 saturated carbocycles. The molecule has 0 amide bonds. The number of fused-ring (bicyclic) bond motifs is 1. The number of nitrogens with zero attached hydrogens (tertiary/aromatic N) is 1. The van der Waals surface area contributed by atoms with E-state index < -0.39 is 17.3 Å². The quantitative estimate of drug-likeness (QED) is 0.379. The number of likely N-dealkylation sites (tertiary alicyclic amines) is 1. The Labute approximate surface area is 244 Å². The van der Waals surface area contributed by atoms with Gasteiger partial charge in [0.1, 0.15) is 5.75 Å². The summed E-state index contributed by atoms with van der Waals surface area (Å²) in [5.74, 6) is -2.06. The summed E-state index contributed by atoms with van der Waals surface area (Å²) in [6.07, 6.45) is 2.89. The van der Waals surface area contributed by atoms with Gasteiger partial charge in [0, 0.05) is 59.4 Å². The Morgan fingerprint density at radius 1 is 1.07 bits per heavy atom. The number of dihydropyridines is 1. The summed E-state index contributed by atoms with van der Waals surface area (Å²) in [7, 11) is 4.74. The zero-order chi connectivity index (χ0) is 30.2. The van der Waals surface area contributed by atoms with Crippen molar-refractivity contribution in [1.29, 1.82) is 0 Å². The van der Waals surface area contributed by atoms with Crippen molar-refractivity contribution in [2.24, 2.45) is 0 Å². The number of nitrogens with one attached hydrogen (secondary N) is 2. The normalized spacial score (nSPS) is 23.7. The number of ketones is 1. The number of carbonyl (C=O) groups excluding carboxylic acids is 2. The van der Waals surface area contributed by atoms with Gasteiger partial charge in [-0.2, -0.15) is 0 Å². The van der Waals surface area contributed by atoms with E-state index in [9.17, 15) is 18.4 Å². The van der Waals surface area contributed by atoms with Crippen molar-refractivity contribution in [2.75, 3.05) is 34.4 Å². The smallest absolute Gasteiger partial charge is 0.336 e. The van der Waals surface area contributed by atoms with Gasteiger partial charge in [-0.15, -0.1) is 0 Å². The number of rotatable bonds is 4. The molecule has 3 heterocycles. The summed E-state index contributed by atoms with van der Waals surface area (Å²) < 4.78 is 35.1. The highest BCUT2D eigenvalue weighted by molar-refractivity contribution is 6.07. The van der Waals surface area contributed by atoms with E-state index in [0.717, 1.165) is 33.5 Å². The van der Waals surface area contributed by atoms with Gasteiger partial charge >= 0.3 is 5.97 Å². The monoisotopic (exact) mass is 577 g/mol. The molecule has 222 valence electrons. The first-order valence-electron chi connectivity index (χ1n) is 14.1. The minimum atomic E-state index is -2.41. The first-order chi connectivity index (χ1) is 20.0. The third-order valence-corrected chi connectivity index (χ3v) is 8.64. The molecule has 6 rings (SSSR count). The number of carbonyl (C=O) groups is 2. The van der Waals surface area contributed by atoms with Gasteiger partial charge in [0.25, 0.3) is 5.92 Å². The predicted octanol–water partition coefficient (Wildman–Crippen LogP) is 5.84. The standard InChI is InChI=1S/C28H28N2O4.C5H9F2N/c1-16-25(27(32)34-4)28(2,20-9-7-10-21-19(20)12-13-29-21)26-22(30-16)14-17(15-23(26)31)18-8-5-6-11-24(18)33-3;1-8-3-2-5(6,7)4-8/h5-13,17,29-30H,14-15H2,1-4H3;2-4H2,1H3/t17-,28+;/m1./s1. The summed E-state index contributed by atoms with van der Waals surface area (Å²) in [5, 5.41) is 4.39. The van der Waals surface area contributed by atoms with Crippen LogP contribution < -0.4 is 10.1 Å². The van der Waals surface area contributed by atoms with Crippen molar-refractivity contribution in [3.05, 3.63) is 88.4 Å². The number of halogens is 2. The van der Waals surface area contributed by atoms with Crippen molar-refractivity contribution >= 4 is 22.7 Å². The molecule has 2 N–H and O–H groups in total. The SMILES string of the molecule is CN1CCC(F)(F)C1.COC(=O)C1=C(C)NC2=C(C(=O)C[C@H](c3ccccc3OC)C2)[C@@]1(C)c1cccc2[nH]ccc12. The van der Waals surface area contributed by atoms with E-state index in [1.54, 1.807) is 19.1 Å². The number of H-pyrrole nitrogens is 1. The Morgan fingerprint density at radius 3 is 2.48 bits per heavy atom. The first kappa shape index (κ1) is 29.5. The third kappa shape index (κ3) is 5.22. The zero-order valence-electron chi connectivity index (χ0n) is 24.6. The van der Waals surface area contributed by atoms with E-state index in [4.69, 9.17) is 9.47 Å². The number of aromatic amines is 1. The number of hydrogen-bond acceptors (Lipinski definition) is 6. The number of para-hydroxylation sites is 1. The summed E-state index contributed by atoms with van der Waals surface area (Å²) in [6.45, 7) is 4.32. The van der Waals surface area contributed by atoms with Gasteiger partial charge < -0.3 is 24.7 Å². The Morgan fingerprint density at radius 2 is 1.83 bits per heavy atom. The fourth-order valence-corrected chi connectivity index (χ4v) is 6.78. The number of alkyl halides is 2. The number of esters is 1. The van der Waals surface area contributed by atoms with Gasteiger partial charge in [0.2, 0.25) is 0 Å². The minimum Gasteiger partial charge on any atom is -0.496 e. The molecule has 1 aliphatic carbocycles. The molecular weight excluding hydrogens is 540 g/mol. The first-order valence-corrected chi connectivity index (χ1v) is 14.1. The van der Waals surface area contributed by atoms with Crippen LogP contribution in [0.25, 0.3) is 10.9 Å². The zero-order valence-corrected chi connectivity index (χ0v) is 24.6. The predicted molar refractivity (Wildman–Crippen MR) is 158 cm³/mol. The average molecular weight is 578 g/mol. The molecule has 3 aliphatic rings. The van der Waals surface area contributed by atoms with Crippen molar-refractivity contribution in [1.82, 2.24) is 15.2 Å². The summed E-state index contributed by atoms with van der Waals surface area (Å²) in [4.78, 5) is 31.9. The molecule has 0 spiro atoms. The van der Waals surface area contributed by atoms with Crippen LogP contribution >= 0.6 is 0 Å². The largest absolute Gasteiger partial charge is 0.496 e. The Bertz CT molecular complexity index is 1590. The van der Waals surface area contributed by atoms with E-state index in [-0.39, 0.29) is 24.7 Å². The van der Waals surface area contributed by atoms with Crippen LogP contribution in [0.1, 0.15) is 50.2 Å². The number of allylic oxidation sites excluding steroid dienone is 3. The van der Waals surface area contributed by atoms with Gasteiger partial charge in [0.15, 0.2) is 5.78 Å². The number of ether oxygens (including phenoxy) is 2. The fraction of sp³-hybridized carbons (Fsp3) is 0.394. The highest BCUT2D eigenvalue weighted by Gasteiger charge is 2.50. The summed E-state index contributed by atoms with van der Waals surface area (Å²) in [6, 6.07) is 15.8. The van der Waals surface area contributed by atoms with Crippen LogP contribution in [0.4, 0.5) is 8.78 Å². The van der Waals surface area contributed by atoms with E-state index in [2.05, 4.69) is 10.3 Å². The Hall–Kier alpha value is -3.98. The molecule has 3 aromatic rings. The van der Waals surface area contributed by atoms with E-state index in [1.165, 1.54) is 7.11 Å². The van der Waals surface area contributed by atoms with Crippen molar-refractivity contribution in [3.8, 4) is 5.75 Å². The number of methoxy groups -OCH3 is 2. The van der Waals surface area contributed by atoms with Gasteiger partial charge in [-0.05, 0) is 56.6 Å². The molecule has 2 aliphatic heterocycles. The molecule has 7 nitrogen and oxygen atoms in total.